The van der Waals surface area contributed by atoms with Crippen LogP contribution in [-0.4, -0.2) is 54.5 Å². The number of amides is 2. The molecule has 4 atom stereocenters. The second-order valence-electron chi connectivity index (χ2n) is 10.3. The Morgan fingerprint density at radius 3 is 2.41 bits per heavy atom. The highest BCUT2D eigenvalue weighted by molar-refractivity contribution is 5.89. The minimum absolute atomic E-state index is 0.0339. The van der Waals surface area contributed by atoms with E-state index >= 15 is 0 Å². The van der Waals surface area contributed by atoms with Crippen molar-refractivity contribution in [3.05, 3.63) is 34.4 Å². The van der Waals surface area contributed by atoms with Crippen molar-refractivity contribution in [2.24, 2.45) is 0 Å². The molecule has 3 aliphatic rings. The van der Waals surface area contributed by atoms with Crippen molar-refractivity contribution in [1.29, 1.82) is 0 Å². The largest absolute Gasteiger partial charge is 0.373 e. The second kappa shape index (κ2) is 13.5. The third kappa shape index (κ3) is 7.63. The molecule has 1 saturated carbocycles. The smallest absolute Gasteiger partial charge is 0.319 e. The summed E-state index contributed by atoms with van der Waals surface area (Å²) in [7, 11) is 0. The van der Waals surface area contributed by atoms with Crippen molar-refractivity contribution >= 4 is 17.4 Å². The summed E-state index contributed by atoms with van der Waals surface area (Å²) in [5, 5.41) is 16.3. The van der Waals surface area contributed by atoms with Crippen molar-refractivity contribution in [3.8, 4) is 0 Å². The van der Waals surface area contributed by atoms with Crippen molar-refractivity contribution < 1.29 is 28.7 Å². The molecule has 2 heterocycles. The van der Waals surface area contributed by atoms with E-state index in [1.807, 2.05) is 0 Å². The molecule has 2 N–H and O–H groups in total. The predicted molar refractivity (Wildman–Crippen MR) is 138 cm³/mol. The number of carbonyl (C=O) groups is 1. The van der Waals surface area contributed by atoms with Gasteiger partial charge in [-0.2, -0.15) is 0 Å². The molecule has 1 aromatic carbocycles. The molecule has 0 unspecified atom stereocenters. The van der Waals surface area contributed by atoms with Crippen LogP contribution < -0.4 is 10.6 Å². The Morgan fingerprint density at radius 1 is 1.05 bits per heavy atom. The van der Waals surface area contributed by atoms with Gasteiger partial charge >= 0.3 is 6.03 Å². The van der Waals surface area contributed by atoms with Gasteiger partial charge in [-0.1, -0.05) is 51.9 Å². The Labute approximate surface area is 218 Å². The highest BCUT2D eigenvalue weighted by Crippen LogP contribution is 2.46. The number of nitrogens with zero attached hydrogens (tertiary/aromatic N) is 1. The number of anilines is 1. The molecule has 1 spiro atoms. The normalized spacial score (nSPS) is 25.9. The highest BCUT2D eigenvalue weighted by atomic mass is 16.8. The molecule has 0 bridgehead atoms. The molecule has 10 heteroatoms. The summed E-state index contributed by atoms with van der Waals surface area (Å²) in [4.78, 5) is 22.8. The van der Waals surface area contributed by atoms with E-state index < -0.39 is 29.1 Å². The van der Waals surface area contributed by atoms with E-state index in [0.717, 1.165) is 38.5 Å². The molecule has 2 saturated heterocycles. The number of nitrogens with one attached hydrogen (secondary N) is 2. The third-order valence-corrected chi connectivity index (χ3v) is 7.42. The molecule has 4 rings (SSSR count). The SMILES string of the molecule is CCCCCCCCCCO[C@@H]1[C@H]2OC3(CCCC3)O[C@H]2O[C@@H]1CNC(=O)Nc1ccc([N+](=O)[O-])cc1. The number of non-ortho nitro benzene ring substituents is 1. The van der Waals surface area contributed by atoms with Crippen LogP contribution >= 0.6 is 0 Å². The number of unbranched alkanes of at least 4 members (excludes halogenated alkanes) is 7. The van der Waals surface area contributed by atoms with Crippen molar-refractivity contribution in [1.82, 2.24) is 5.32 Å². The first-order valence-electron chi connectivity index (χ1n) is 13.9. The van der Waals surface area contributed by atoms with Gasteiger partial charge in [0.25, 0.3) is 5.69 Å². The van der Waals surface area contributed by atoms with Gasteiger partial charge in [-0.25, -0.2) is 4.79 Å². The zero-order chi connectivity index (χ0) is 26.1. The molecule has 0 radical (unpaired) electrons. The molecule has 0 aromatic heterocycles. The first-order chi connectivity index (χ1) is 18.0. The lowest BCUT2D eigenvalue weighted by molar-refractivity contribution is -0.384. The predicted octanol–water partition coefficient (Wildman–Crippen LogP) is 5.65. The Balaban J connectivity index is 1.24. The van der Waals surface area contributed by atoms with Crippen LogP contribution in [0.2, 0.25) is 0 Å². The zero-order valence-corrected chi connectivity index (χ0v) is 21.8. The standard InChI is InChI=1S/C27H41N3O7/c1-2-3-4-5-6-7-8-11-18-34-23-22(35-25-24(23)36-27(37-25)16-9-10-17-27)19-28-26(31)29-20-12-14-21(15-13-20)30(32)33/h12-15,22-25H,2-11,16-19H2,1H3,(H2,28,29,31)/t22-,23+,24-,25-/m1/s1. The van der Waals surface area contributed by atoms with Gasteiger partial charge in [0.2, 0.25) is 0 Å². The number of ether oxygens (including phenoxy) is 4. The van der Waals surface area contributed by atoms with Gasteiger partial charge < -0.3 is 29.6 Å². The van der Waals surface area contributed by atoms with Crippen LogP contribution in [0.3, 0.4) is 0 Å². The summed E-state index contributed by atoms with van der Waals surface area (Å²) < 4.78 is 25.1. The number of rotatable bonds is 14. The Morgan fingerprint density at radius 2 is 1.73 bits per heavy atom. The van der Waals surface area contributed by atoms with Gasteiger partial charge in [0.05, 0.1) is 4.92 Å². The molecule has 37 heavy (non-hydrogen) atoms. The third-order valence-electron chi connectivity index (χ3n) is 7.42. The molecular formula is C27H41N3O7. The lowest BCUT2D eigenvalue weighted by Gasteiger charge is -2.28. The highest BCUT2D eigenvalue weighted by Gasteiger charge is 2.58. The van der Waals surface area contributed by atoms with E-state index in [2.05, 4.69) is 17.6 Å². The maximum Gasteiger partial charge on any atom is 0.319 e. The average Bonchev–Trinajstić information content (AvgIpc) is 3.57. The van der Waals surface area contributed by atoms with E-state index in [-0.39, 0.29) is 24.4 Å². The minimum Gasteiger partial charge on any atom is -0.373 e. The van der Waals surface area contributed by atoms with Crippen LogP contribution in [0.1, 0.15) is 84.0 Å². The zero-order valence-electron chi connectivity index (χ0n) is 21.8. The fraction of sp³-hybridized carbons (Fsp3) is 0.741. The first kappa shape index (κ1) is 27.8. The molecule has 3 fully saturated rings. The summed E-state index contributed by atoms with van der Waals surface area (Å²) in [6.45, 7) is 3.08. The molecule has 10 nitrogen and oxygen atoms in total. The number of urea groups is 1. The molecule has 2 amide bonds. The lowest BCUT2D eigenvalue weighted by atomic mass is 10.1. The van der Waals surface area contributed by atoms with E-state index in [9.17, 15) is 14.9 Å². The van der Waals surface area contributed by atoms with Gasteiger partial charge in [-0.05, 0) is 31.4 Å². The monoisotopic (exact) mass is 519 g/mol. The summed E-state index contributed by atoms with van der Waals surface area (Å²) >= 11 is 0. The maximum absolute atomic E-state index is 12.5. The molecular weight excluding hydrogens is 478 g/mol. The summed E-state index contributed by atoms with van der Waals surface area (Å²) in [5.41, 5.74) is 0.429. The molecule has 1 aromatic rings. The number of hydrogen-bond donors (Lipinski definition) is 2. The maximum atomic E-state index is 12.5. The summed E-state index contributed by atoms with van der Waals surface area (Å²) in [6, 6.07) is 5.25. The van der Waals surface area contributed by atoms with Gasteiger partial charge in [0, 0.05) is 43.8 Å². The van der Waals surface area contributed by atoms with E-state index in [4.69, 9.17) is 18.9 Å². The Kier molecular flexibility index (Phi) is 10.1. The van der Waals surface area contributed by atoms with Crippen LogP contribution in [0.15, 0.2) is 24.3 Å². The van der Waals surface area contributed by atoms with E-state index in [1.54, 1.807) is 0 Å². The van der Waals surface area contributed by atoms with Gasteiger partial charge in [0.1, 0.15) is 18.3 Å². The van der Waals surface area contributed by atoms with Crippen LogP contribution in [0.25, 0.3) is 0 Å². The minimum atomic E-state index is -0.554. The van der Waals surface area contributed by atoms with Crippen molar-refractivity contribution in [2.45, 2.75) is 114 Å². The number of carbonyl (C=O) groups excluding carboxylic acids is 1. The van der Waals surface area contributed by atoms with E-state index in [1.165, 1.54) is 62.8 Å². The number of fused-ring (bicyclic) bond motifs is 1. The quantitative estimate of drug-likeness (QED) is 0.185. The van der Waals surface area contributed by atoms with Gasteiger partial charge in [0.15, 0.2) is 12.1 Å². The Hall–Kier alpha value is -2.27. The van der Waals surface area contributed by atoms with Crippen molar-refractivity contribution in [2.75, 3.05) is 18.5 Å². The second-order valence-corrected chi connectivity index (χ2v) is 10.3. The fourth-order valence-corrected chi connectivity index (χ4v) is 5.40. The molecule has 1 aliphatic carbocycles. The molecule has 2 aliphatic heterocycles. The van der Waals surface area contributed by atoms with Crippen molar-refractivity contribution in [3.63, 3.8) is 0 Å². The summed E-state index contributed by atoms with van der Waals surface area (Å²) in [5.74, 6) is -0.554. The lowest BCUT2D eigenvalue weighted by Crippen LogP contribution is -2.44. The van der Waals surface area contributed by atoms with Gasteiger partial charge in [-0.3, -0.25) is 10.1 Å². The first-order valence-corrected chi connectivity index (χ1v) is 13.9. The van der Waals surface area contributed by atoms with Gasteiger partial charge in [-0.15, -0.1) is 0 Å². The van der Waals surface area contributed by atoms with Crippen LogP contribution in [0.4, 0.5) is 16.2 Å². The number of benzene rings is 1. The topological polar surface area (TPSA) is 121 Å². The fourth-order valence-electron chi connectivity index (χ4n) is 5.40. The number of hydrogen-bond acceptors (Lipinski definition) is 7. The molecule has 206 valence electrons. The van der Waals surface area contributed by atoms with Crippen LogP contribution in [0.5, 0.6) is 0 Å². The van der Waals surface area contributed by atoms with Crippen LogP contribution in [-0.2, 0) is 18.9 Å². The number of nitro benzene ring substituents is 1. The summed E-state index contributed by atoms with van der Waals surface area (Å²) in [6.07, 6.45) is 12.2. The number of nitro groups is 1. The average molecular weight is 520 g/mol. The van der Waals surface area contributed by atoms with E-state index in [0.29, 0.717) is 12.3 Å². The van der Waals surface area contributed by atoms with Crippen LogP contribution in [0, 0.1) is 10.1 Å². The Bertz CT molecular complexity index is 875.